The van der Waals surface area contributed by atoms with Crippen LogP contribution < -0.4 is 0 Å². The van der Waals surface area contributed by atoms with Gasteiger partial charge in [0.2, 0.25) is 0 Å². The van der Waals surface area contributed by atoms with Crippen LogP contribution in [0.5, 0.6) is 0 Å². The molecule has 24 heavy (non-hydrogen) atoms. The van der Waals surface area contributed by atoms with Crippen molar-refractivity contribution in [2.24, 2.45) is 22.7 Å². The van der Waals surface area contributed by atoms with Gasteiger partial charge in [-0.1, -0.05) is 31.6 Å². The molecule has 2 nitrogen and oxygen atoms in total. The molecule has 4 unspecified atom stereocenters. The maximum Gasteiger partial charge on any atom is 0.139 e. The summed E-state index contributed by atoms with van der Waals surface area (Å²) in [7, 11) is 0. The summed E-state index contributed by atoms with van der Waals surface area (Å²) in [4.78, 5) is 12.6. The third kappa shape index (κ3) is 1.90. The van der Waals surface area contributed by atoms with E-state index in [9.17, 15) is 4.79 Å². The molecular formula is C22H32O2. The van der Waals surface area contributed by atoms with E-state index in [4.69, 9.17) is 4.74 Å². The van der Waals surface area contributed by atoms with Gasteiger partial charge in [0, 0.05) is 23.9 Å². The van der Waals surface area contributed by atoms with Crippen LogP contribution in [0.2, 0.25) is 0 Å². The lowest BCUT2D eigenvalue weighted by Gasteiger charge is -2.63. The maximum absolute atomic E-state index is 12.6. The molecule has 0 N–H and O–H groups in total. The Balaban J connectivity index is 1.83. The molecule has 2 fully saturated rings. The number of rotatable bonds is 2. The van der Waals surface area contributed by atoms with Crippen LogP contribution in [0.15, 0.2) is 23.3 Å². The Hall–Kier alpha value is -0.890. The van der Waals surface area contributed by atoms with E-state index in [1.54, 1.807) is 0 Å². The summed E-state index contributed by atoms with van der Waals surface area (Å²) in [5, 5.41) is 0. The van der Waals surface area contributed by atoms with E-state index in [-0.39, 0.29) is 16.4 Å². The number of carbonyl (C=O) groups is 1. The van der Waals surface area contributed by atoms with E-state index in [2.05, 4.69) is 39.8 Å². The number of allylic oxidation sites excluding steroid dienone is 3. The van der Waals surface area contributed by atoms with Gasteiger partial charge in [-0.05, 0) is 69.8 Å². The van der Waals surface area contributed by atoms with Gasteiger partial charge in [0.25, 0.3) is 0 Å². The van der Waals surface area contributed by atoms with E-state index in [0.29, 0.717) is 17.6 Å². The largest absolute Gasteiger partial charge is 0.374 e. The van der Waals surface area contributed by atoms with Gasteiger partial charge < -0.3 is 4.74 Å². The summed E-state index contributed by atoms with van der Waals surface area (Å²) in [6.07, 6.45) is 12.3. The molecule has 0 saturated heterocycles. The first-order valence-corrected chi connectivity index (χ1v) is 9.92. The van der Waals surface area contributed by atoms with E-state index < -0.39 is 0 Å². The molecule has 4 rings (SSSR count). The van der Waals surface area contributed by atoms with Crippen LogP contribution in [0.3, 0.4) is 0 Å². The Bertz CT molecular complexity index is 630. The zero-order chi connectivity index (χ0) is 17.2. The van der Waals surface area contributed by atoms with Crippen LogP contribution in [0.25, 0.3) is 0 Å². The number of hydrogen-bond donors (Lipinski definition) is 0. The fraction of sp³-hybridized carbons (Fsp3) is 0.773. The molecule has 0 amide bonds. The van der Waals surface area contributed by atoms with Gasteiger partial charge in [0.1, 0.15) is 5.78 Å². The summed E-state index contributed by atoms with van der Waals surface area (Å²) in [6, 6.07) is 0. The SMILES string of the molecule is CCO[C@]12CCC3(C)C(=O)CCC3C1CC=C1C=C(C)CCC12C. The van der Waals surface area contributed by atoms with Crippen LogP contribution >= 0.6 is 0 Å². The number of carbonyl (C=O) groups excluding carboxylic acids is 1. The van der Waals surface area contributed by atoms with Gasteiger partial charge in [-0.3, -0.25) is 4.79 Å². The van der Waals surface area contributed by atoms with Crippen molar-refractivity contribution in [1.82, 2.24) is 0 Å². The minimum absolute atomic E-state index is 0.0716. The van der Waals surface area contributed by atoms with Crippen molar-refractivity contribution in [3.63, 3.8) is 0 Å². The molecule has 4 aliphatic rings. The summed E-state index contributed by atoms with van der Waals surface area (Å²) >= 11 is 0. The minimum atomic E-state index is -0.0899. The van der Waals surface area contributed by atoms with Crippen molar-refractivity contribution in [3.8, 4) is 0 Å². The molecule has 2 heteroatoms. The van der Waals surface area contributed by atoms with Crippen molar-refractivity contribution in [2.45, 2.75) is 78.2 Å². The van der Waals surface area contributed by atoms with Crippen molar-refractivity contribution in [2.75, 3.05) is 6.61 Å². The van der Waals surface area contributed by atoms with Crippen molar-refractivity contribution >= 4 is 5.78 Å². The molecule has 0 aromatic rings. The van der Waals surface area contributed by atoms with E-state index in [0.717, 1.165) is 38.7 Å². The molecule has 0 aromatic heterocycles. The van der Waals surface area contributed by atoms with Gasteiger partial charge in [-0.15, -0.1) is 0 Å². The second-order valence-corrected chi connectivity index (χ2v) is 9.13. The molecule has 0 radical (unpaired) electrons. The zero-order valence-electron chi connectivity index (χ0n) is 15.8. The van der Waals surface area contributed by atoms with Crippen LogP contribution in [0.4, 0.5) is 0 Å². The van der Waals surface area contributed by atoms with E-state index >= 15 is 0 Å². The third-order valence-electron chi connectivity index (χ3n) is 8.22. The first-order valence-electron chi connectivity index (χ1n) is 9.92. The highest BCUT2D eigenvalue weighted by Gasteiger charge is 2.66. The van der Waals surface area contributed by atoms with Crippen molar-refractivity contribution in [3.05, 3.63) is 23.3 Å². The van der Waals surface area contributed by atoms with Crippen molar-refractivity contribution < 1.29 is 9.53 Å². The van der Waals surface area contributed by atoms with Gasteiger partial charge in [0.05, 0.1) is 5.60 Å². The summed E-state index contributed by atoms with van der Waals surface area (Å²) in [5.74, 6) is 1.52. The topological polar surface area (TPSA) is 26.3 Å². The number of ether oxygens (including phenoxy) is 1. The molecule has 5 atom stereocenters. The van der Waals surface area contributed by atoms with Crippen molar-refractivity contribution in [1.29, 1.82) is 0 Å². The quantitative estimate of drug-likeness (QED) is 0.693. The Kier molecular flexibility index (Phi) is 3.66. The summed E-state index contributed by atoms with van der Waals surface area (Å²) in [6.45, 7) is 9.87. The number of Topliss-reactive ketones (excluding diaryl/α,β-unsaturated/α-hetero) is 1. The van der Waals surface area contributed by atoms with Gasteiger partial charge in [0.15, 0.2) is 0 Å². The summed E-state index contributed by atoms with van der Waals surface area (Å²) in [5.41, 5.74) is 2.95. The second kappa shape index (κ2) is 5.30. The highest BCUT2D eigenvalue weighted by Crippen LogP contribution is 2.66. The lowest BCUT2D eigenvalue weighted by atomic mass is 9.46. The van der Waals surface area contributed by atoms with Crippen LogP contribution in [-0.4, -0.2) is 18.0 Å². The molecule has 4 aliphatic carbocycles. The first kappa shape index (κ1) is 16.6. The first-order chi connectivity index (χ1) is 11.4. The normalized spacial score (nSPS) is 47.4. The highest BCUT2D eigenvalue weighted by molar-refractivity contribution is 5.87. The molecule has 0 bridgehead atoms. The van der Waals surface area contributed by atoms with E-state index in [1.165, 1.54) is 24.0 Å². The lowest BCUT2D eigenvalue weighted by Crippen LogP contribution is -2.63. The lowest BCUT2D eigenvalue weighted by molar-refractivity contribution is -0.206. The van der Waals surface area contributed by atoms with Crippen LogP contribution in [-0.2, 0) is 9.53 Å². The summed E-state index contributed by atoms with van der Waals surface area (Å²) < 4.78 is 6.69. The zero-order valence-corrected chi connectivity index (χ0v) is 15.8. The second-order valence-electron chi connectivity index (χ2n) is 9.13. The predicted octanol–water partition coefficient (Wildman–Crippen LogP) is 5.23. The molecule has 0 aromatic carbocycles. The average molecular weight is 328 g/mol. The Morgan fingerprint density at radius 3 is 2.71 bits per heavy atom. The fourth-order valence-corrected chi connectivity index (χ4v) is 6.74. The van der Waals surface area contributed by atoms with Crippen LogP contribution in [0.1, 0.15) is 72.6 Å². The fourth-order valence-electron chi connectivity index (χ4n) is 6.74. The van der Waals surface area contributed by atoms with Crippen LogP contribution in [0, 0.1) is 22.7 Å². The molecule has 0 spiro atoms. The molecule has 0 heterocycles. The van der Waals surface area contributed by atoms with Gasteiger partial charge in [-0.2, -0.15) is 0 Å². The van der Waals surface area contributed by atoms with Gasteiger partial charge in [-0.25, -0.2) is 0 Å². The smallest absolute Gasteiger partial charge is 0.139 e. The third-order valence-corrected chi connectivity index (χ3v) is 8.22. The molecule has 132 valence electrons. The standard InChI is InChI=1S/C22H32O2/c1-5-24-22-13-12-20(3)17(8-9-19(20)23)18(22)7-6-16-14-15(2)10-11-21(16,22)4/h6,14,17-18H,5,7-13H2,1-4H3/t17?,18?,20?,21?,22-/m1/s1. The molecule has 0 aliphatic heterocycles. The highest BCUT2D eigenvalue weighted by atomic mass is 16.5. The number of hydrogen-bond acceptors (Lipinski definition) is 2. The van der Waals surface area contributed by atoms with Gasteiger partial charge >= 0.3 is 0 Å². The van der Waals surface area contributed by atoms with E-state index in [1.807, 2.05) is 0 Å². The predicted molar refractivity (Wildman–Crippen MR) is 96.7 cm³/mol. The Morgan fingerprint density at radius 1 is 1.17 bits per heavy atom. The maximum atomic E-state index is 12.6. The Labute approximate surface area is 146 Å². The minimum Gasteiger partial charge on any atom is -0.374 e. The molecular weight excluding hydrogens is 296 g/mol. The Morgan fingerprint density at radius 2 is 1.96 bits per heavy atom. The monoisotopic (exact) mass is 328 g/mol. The number of fused-ring (bicyclic) bond motifs is 5. The average Bonchev–Trinajstić information content (AvgIpc) is 2.85. The number of ketones is 1. The molecule has 2 saturated carbocycles.